The van der Waals surface area contributed by atoms with Gasteiger partial charge in [0.2, 0.25) is 17.6 Å². The van der Waals surface area contributed by atoms with Gasteiger partial charge in [-0.3, -0.25) is 24.1 Å². The first-order valence-electron chi connectivity index (χ1n) is 13.4. The van der Waals surface area contributed by atoms with Crippen molar-refractivity contribution < 1.29 is 33.8 Å². The molecule has 4 atom stereocenters. The highest BCUT2D eigenvalue weighted by Crippen LogP contribution is 2.53. The average molecular weight is 572 g/mol. The fraction of sp³-hybridized carbons (Fsp3) is 0.312. The second kappa shape index (κ2) is 10.3. The number of fused-ring (bicyclic) bond motifs is 3. The predicted molar refractivity (Wildman–Crippen MR) is 152 cm³/mol. The molecule has 210 valence electrons. The van der Waals surface area contributed by atoms with Gasteiger partial charge >= 0.3 is 0 Å². The number of phenolic OH excluding ortho intramolecular Hbond substituents is 1. The molecule has 4 aliphatic rings. The molecule has 1 aromatic heterocycles. The summed E-state index contributed by atoms with van der Waals surface area (Å²) in [5.41, 5.74) is 2.75. The van der Waals surface area contributed by atoms with Gasteiger partial charge in [-0.15, -0.1) is 11.3 Å². The molecule has 6 rings (SSSR count). The highest BCUT2D eigenvalue weighted by molar-refractivity contribution is 7.09. The summed E-state index contributed by atoms with van der Waals surface area (Å²) in [6.07, 6.45) is 7.66. The van der Waals surface area contributed by atoms with Crippen LogP contribution < -0.4 is 9.47 Å². The zero-order valence-corrected chi connectivity index (χ0v) is 23.7. The van der Waals surface area contributed by atoms with E-state index in [2.05, 4.69) is 0 Å². The molecule has 2 heterocycles. The van der Waals surface area contributed by atoms with E-state index >= 15 is 0 Å². The van der Waals surface area contributed by atoms with Gasteiger partial charge in [-0.25, -0.2) is 0 Å². The fourth-order valence-corrected chi connectivity index (χ4v) is 7.35. The fourth-order valence-electron chi connectivity index (χ4n) is 6.66. The van der Waals surface area contributed by atoms with Crippen molar-refractivity contribution >= 4 is 40.8 Å². The van der Waals surface area contributed by atoms with E-state index in [1.54, 1.807) is 25.1 Å². The number of rotatable bonds is 6. The van der Waals surface area contributed by atoms with Crippen molar-refractivity contribution in [2.24, 2.45) is 23.7 Å². The molecular weight excluding hydrogens is 542 g/mol. The molecule has 3 aliphatic carbocycles. The summed E-state index contributed by atoms with van der Waals surface area (Å²) in [6.45, 7) is 1.87. The molecule has 0 bridgehead atoms. The van der Waals surface area contributed by atoms with Gasteiger partial charge in [-0.05, 0) is 60.9 Å². The number of hydrogen-bond acceptors (Lipinski definition) is 8. The Morgan fingerprint density at radius 2 is 1.80 bits per heavy atom. The molecule has 41 heavy (non-hydrogen) atoms. The van der Waals surface area contributed by atoms with E-state index in [0.717, 1.165) is 10.5 Å². The Morgan fingerprint density at radius 1 is 1.07 bits per heavy atom. The van der Waals surface area contributed by atoms with Crippen LogP contribution in [0.4, 0.5) is 0 Å². The third-order valence-corrected chi connectivity index (χ3v) is 9.44. The number of carbonyl (C=O) groups excluding carboxylic acids is 4. The topological polar surface area (TPSA) is 110 Å². The largest absolute Gasteiger partial charge is 0.502 e. The first-order valence-corrected chi connectivity index (χ1v) is 14.3. The Kier molecular flexibility index (Phi) is 6.77. The maximum absolute atomic E-state index is 13.8. The molecule has 2 aromatic rings. The van der Waals surface area contributed by atoms with Gasteiger partial charge in [0.15, 0.2) is 23.1 Å². The normalized spacial score (nSPS) is 25.7. The predicted octanol–water partition coefficient (Wildman–Crippen LogP) is 4.65. The molecule has 1 N–H and O–H groups in total. The van der Waals surface area contributed by atoms with Crippen molar-refractivity contribution in [1.82, 2.24) is 4.90 Å². The van der Waals surface area contributed by atoms with Crippen LogP contribution in [-0.2, 0) is 25.7 Å². The maximum Gasteiger partial charge on any atom is 0.234 e. The van der Waals surface area contributed by atoms with Crippen molar-refractivity contribution in [2.45, 2.75) is 26.3 Å². The number of nitrogens with zero attached hydrogens (tertiary/aromatic N) is 1. The van der Waals surface area contributed by atoms with Crippen LogP contribution >= 0.6 is 11.3 Å². The first-order chi connectivity index (χ1) is 19.7. The van der Waals surface area contributed by atoms with E-state index in [9.17, 15) is 24.3 Å². The standard InChI is InChI=1S/C32H29NO7S/c1-16-11-24(34)27-20(7-6-17-12-25(39-2)30(36)26(13-17)40-3)19-8-9-21-28(22(19)14-23(27)29(16)35)32(38)33(31(21)37)15-18-5-4-10-41-18/h4-8,10-13,20-22,28,36H,9,14-15H2,1-3H3/t20-,21-,22+,28-/m0/s1. The summed E-state index contributed by atoms with van der Waals surface area (Å²) in [5.74, 6) is -2.48. The zero-order chi connectivity index (χ0) is 29.0. The Morgan fingerprint density at radius 3 is 2.46 bits per heavy atom. The third-order valence-electron chi connectivity index (χ3n) is 8.58. The Labute approximate surface area is 241 Å². The number of imide groups is 1. The van der Waals surface area contributed by atoms with Gasteiger partial charge in [0.05, 0.1) is 32.6 Å². The minimum Gasteiger partial charge on any atom is -0.502 e. The lowest BCUT2D eigenvalue weighted by atomic mass is 9.60. The number of Topliss-reactive ketones (excluding diaryl/α,β-unsaturated/α-hetero) is 1. The molecule has 0 unspecified atom stereocenters. The summed E-state index contributed by atoms with van der Waals surface area (Å²) in [4.78, 5) is 56.2. The lowest BCUT2D eigenvalue weighted by molar-refractivity contribution is -0.140. The van der Waals surface area contributed by atoms with Crippen molar-refractivity contribution in [2.75, 3.05) is 14.2 Å². The minimum atomic E-state index is -0.588. The number of benzene rings is 1. The second-order valence-corrected chi connectivity index (χ2v) is 11.8. The quantitative estimate of drug-likeness (QED) is 0.305. The van der Waals surface area contributed by atoms with Crippen LogP contribution in [0.15, 0.2) is 70.2 Å². The molecule has 8 nitrogen and oxygen atoms in total. The summed E-state index contributed by atoms with van der Waals surface area (Å²) in [5, 5.41) is 12.2. The van der Waals surface area contributed by atoms with Crippen molar-refractivity contribution in [3.05, 3.63) is 80.6 Å². The molecule has 1 saturated heterocycles. The molecule has 1 aromatic carbocycles. The second-order valence-electron chi connectivity index (χ2n) is 10.7. The lowest BCUT2D eigenvalue weighted by Gasteiger charge is -2.41. The number of amides is 2. The van der Waals surface area contributed by atoms with E-state index in [1.165, 1.54) is 36.5 Å². The molecule has 0 radical (unpaired) electrons. The van der Waals surface area contributed by atoms with Crippen LogP contribution in [0.5, 0.6) is 17.2 Å². The monoisotopic (exact) mass is 571 g/mol. The number of ketones is 2. The number of methoxy groups -OCH3 is 2. The molecule has 9 heteroatoms. The summed E-state index contributed by atoms with van der Waals surface area (Å²) in [7, 11) is 2.88. The lowest BCUT2D eigenvalue weighted by Crippen LogP contribution is -2.40. The van der Waals surface area contributed by atoms with Crippen molar-refractivity contribution in [3.63, 3.8) is 0 Å². The Hall–Kier alpha value is -4.24. The summed E-state index contributed by atoms with van der Waals surface area (Å²) < 4.78 is 10.6. The van der Waals surface area contributed by atoms with Gasteiger partial charge in [0, 0.05) is 27.5 Å². The van der Waals surface area contributed by atoms with E-state index in [1.807, 2.05) is 29.7 Å². The number of allylic oxidation sites excluding steroid dienone is 7. The first kappa shape index (κ1) is 27.0. The van der Waals surface area contributed by atoms with Crippen LogP contribution in [0, 0.1) is 23.7 Å². The molecule has 2 amide bonds. The minimum absolute atomic E-state index is 0.124. The number of ether oxygens (including phenoxy) is 2. The number of aromatic hydroxyl groups is 1. The van der Waals surface area contributed by atoms with Gasteiger partial charge in [0.1, 0.15) is 0 Å². The third kappa shape index (κ3) is 4.35. The molecular formula is C32H29NO7S. The highest BCUT2D eigenvalue weighted by atomic mass is 32.1. The molecule has 1 fully saturated rings. The summed E-state index contributed by atoms with van der Waals surface area (Å²) >= 11 is 1.50. The maximum atomic E-state index is 13.8. The van der Waals surface area contributed by atoms with Crippen LogP contribution in [-0.4, -0.2) is 47.6 Å². The Balaban J connectivity index is 1.41. The van der Waals surface area contributed by atoms with Gasteiger partial charge < -0.3 is 14.6 Å². The van der Waals surface area contributed by atoms with Gasteiger partial charge in [-0.1, -0.05) is 29.9 Å². The average Bonchev–Trinajstić information content (AvgIpc) is 3.57. The van der Waals surface area contributed by atoms with Crippen molar-refractivity contribution in [3.8, 4) is 17.2 Å². The van der Waals surface area contributed by atoms with E-state index in [0.29, 0.717) is 28.7 Å². The molecule has 0 spiro atoms. The zero-order valence-electron chi connectivity index (χ0n) is 22.9. The number of thiophene rings is 1. The van der Waals surface area contributed by atoms with E-state index in [4.69, 9.17) is 9.47 Å². The van der Waals surface area contributed by atoms with Gasteiger partial charge in [-0.2, -0.15) is 0 Å². The highest BCUT2D eigenvalue weighted by Gasteiger charge is 2.55. The smallest absolute Gasteiger partial charge is 0.234 e. The van der Waals surface area contributed by atoms with Crippen LogP contribution in [0.25, 0.3) is 6.08 Å². The Bertz CT molecular complexity index is 1580. The van der Waals surface area contributed by atoms with Crippen LogP contribution in [0.2, 0.25) is 0 Å². The van der Waals surface area contributed by atoms with E-state index < -0.39 is 17.8 Å². The van der Waals surface area contributed by atoms with Gasteiger partial charge in [0.25, 0.3) is 0 Å². The van der Waals surface area contributed by atoms with Crippen LogP contribution in [0.3, 0.4) is 0 Å². The SMILES string of the molecule is COc1cc(C=C[C@H]2C3=CC[C@@H]4C(=O)N(Cc5cccs5)C(=O)[C@@H]4[C@@H]3CC3=C2C(=O)C=C(C)C3=O)cc(OC)c1O. The van der Waals surface area contributed by atoms with Crippen molar-refractivity contribution in [1.29, 1.82) is 0 Å². The van der Waals surface area contributed by atoms with Crippen LogP contribution in [0.1, 0.15) is 30.2 Å². The number of likely N-dealkylation sites (tertiary alicyclic amines) is 1. The molecule has 1 aliphatic heterocycles. The number of phenols is 1. The number of carbonyl (C=O) groups is 4. The number of hydrogen-bond donors (Lipinski definition) is 1. The van der Waals surface area contributed by atoms with E-state index in [-0.39, 0.29) is 59.5 Å². The summed E-state index contributed by atoms with van der Waals surface area (Å²) in [6, 6.07) is 7.10. The molecule has 0 saturated carbocycles.